The van der Waals surface area contributed by atoms with Crippen molar-refractivity contribution in [2.24, 2.45) is 0 Å². The summed E-state index contributed by atoms with van der Waals surface area (Å²) in [4.78, 5) is 14.8. The topological polar surface area (TPSA) is 62.8 Å². The molecule has 0 spiro atoms. The number of nitrogens with one attached hydrogen (secondary N) is 2. The first kappa shape index (κ1) is 25.1. The van der Waals surface area contributed by atoms with Crippen molar-refractivity contribution >= 4 is 11.7 Å². The number of hydrogen-bond acceptors (Lipinski definition) is 4. The highest BCUT2D eigenvalue weighted by molar-refractivity contribution is 5.89. The van der Waals surface area contributed by atoms with Gasteiger partial charge in [0.15, 0.2) is 11.5 Å². The molecule has 3 atom stereocenters. The number of urea groups is 1. The molecule has 2 N–H and O–H groups in total. The molecule has 2 aliphatic rings. The monoisotopic (exact) mass is 495 g/mol. The fourth-order valence-corrected chi connectivity index (χ4v) is 5.57. The van der Waals surface area contributed by atoms with Gasteiger partial charge in [0.2, 0.25) is 0 Å². The number of anilines is 1. The van der Waals surface area contributed by atoms with Crippen LogP contribution in [0.3, 0.4) is 0 Å². The number of halogens is 4. The highest BCUT2D eigenvalue weighted by Gasteiger charge is 2.50. The zero-order chi connectivity index (χ0) is 25.4. The second kappa shape index (κ2) is 9.56. The maximum atomic E-state index is 13.7. The van der Waals surface area contributed by atoms with Gasteiger partial charge in [-0.05, 0) is 75.2 Å². The van der Waals surface area contributed by atoms with E-state index >= 15 is 0 Å². The Bertz CT molecular complexity index is 1090. The minimum absolute atomic E-state index is 0.104. The molecule has 3 unspecified atom stereocenters. The highest BCUT2D eigenvalue weighted by atomic mass is 19.4. The van der Waals surface area contributed by atoms with Gasteiger partial charge in [0, 0.05) is 23.2 Å². The Labute approximate surface area is 201 Å². The SMILES string of the molecule is COc1ccc(C23CCC(NC(=O)Nc4cc(F)cc(C(F)(F)F)c4)CC2N(C)CC3)cc1OC. The molecule has 1 saturated carbocycles. The molecular formula is C25H29F4N3O3. The number of alkyl halides is 3. The van der Waals surface area contributed by atoms with Crippen molar-refractivity contribution in [3.8, 4) is 11.5 Å². The van der Waals surface area contributed by atoms with E-state index in [0.717, 1.165) is 37.1 Å². The van der Waals surface area contributed by atoms with E-state index in [-0.39, 0.29) is 23.2 Å². The van der Waals surface area contributed by atoms with Crippen molar-refractivity contribution in [3.63, 3.8) is 0 Å². The van der Waals surface area contributed by atoms with Crippen LogP contribution in [0.5, 0.6) is 11.5 Å². The van der Waals surface area contributed by atoms with Gasteiger partial charge in [0.1, 0.15) is 5.82 Å². The molecule has 1 aliphatic heterocycles. The van der Waals surface area contributed by atoms with Crippen LogP contribution in [0.2, 0.25) is 0 Å². The zero-order valence-electron chi connectivity index (χ0n) is 19.8. The van der Waals surface area contributed by atoms with Gasteiger partial charge in [0.05, 0.1) is 19.8 Å². The van der Waals surface area contributed by atoms with Crippen LogP contribution < -0.4 is 20.1 Å². The summed E-state index contributed by atoms with van der Waals surface area (Å²) >= 11 is 0. The molecule has 1 saturated heterocycles. The molecule has 1 aliphatic carbocycles. The molecule has 190 valence electrons. The zero-order valence-corrected chi connectivity index (χ0v) is 19.8. The lowest BCUT2D eigenvalue weighted by molar-refractivity contribution is -0.137. The molecule has 2 aromatic carbocycles. The van der Waals surface area contributed by atoms with E-state index in [1.807, 2.05) is 12.1 Å². The third kappa shape index (κ3) is 5.03. The number of likely N-dealkylation sites (N-methyl/N-ethyl adjacent to an activating group) is 1. The lowest BCUT2D eigenvalue weighted by Gasteiger charge is -2.45. The summed E-state index contributed by atoms with van der Waals surface area (Å²) in [6.07, 6.45) is -1.55. The molecule has 6 nitrogen and oxygen atoms in total. The van der Waals surface area contributed by atoms with Crippen LogP contribution in [0.4, 0.5) is 28.0 Å². The largest absolute Gasteiger partial charge is 0.493 e. The number of nitrogens with zero attached hydrogens (tertiary/aromatic N) is 1. The molecule has 2 amide bonds. The van der Waals surface area contributed by atoms with Crippen molar-refractivity contribution in [1.29, 1.82) is 0 Å². The van der Waals surface area contributed by atoms with Crippen LogP contribution in [0.15, 0.2) is 36.4 Å². The number of fused-ring (bicyclic) bond motifs is 1. The maximum absolute atomic E-state index is 13.7. The van der Waals surface area contributed by atoms with Crippen molar-refractivity contribution in [1.82, 2.24) is 10.2 Å². The van der Waals surface area contributed by atoms with E-state index in [1.165, 1.54) is 0 Å². The van der Waals surface area contributed by atoms with Gasteiger partial charge < -0.3 is 25.0 Å². The lowest BCUT2D eigenvalue weighted by Crippen LogP contribution is -2.52. The first-order valence-electron chi connectivity index (χ1n) is 11.4. The van der Waals surface area contributed by atoms with Crippen LogP contribution in [-0.2, 0) is 11.6 Å². The number of carbonyl (C=O) groups excluding carboxylic acids is 1. The fraction of sp³-hybridized carbons (Fsp3) is 0.480. The Hall–Kier alpha value is -3.01. The molecule has 2 fully saturated rings. The van der Waals surface area contributed by atoms with Gasteiger partial charge in [-0.3, -0.25) is 0 Å². The molecular weight excluding hydrogens is 466 g/mol. The van der Waals surface area contributed by atoms with Gasteiger partial charge in [-0.1, -0.05) is 6.07 Å². The quantitative estimate of drug-likeness (QED) is 0.562. The number of likely N-dealkylation sites (tertiary alicyclic amines) is 1. The standard InChI is InChI=1S/C25H29F4N3O3/c1-32-9-8-24(15-4-5-20(34-2)21(12-15)35-3)7-6-18(14-22(24)32)30-23(33)31-19-11-16(25(27,28)29)10-17(26)13-19/h4-5,10-13,18,22H,6-9,14H2,1-3H3,(H2,30,31,33). The molecule has 1 heterocycles. The first-order chi connectivity index (χ1) is 16.6. The molecule has 0 bridgehead atoms. The average molecular weight is 496 g/mol. The van der Waals surface area contributed by atoms with Crippen molar-refractivity contribution in [3.05, 3.63) is 53.3 Å². The summed E-state index contributed by atoms with van der Waals surface area (Å²) in [5.41, 5.74) is -0.347. The van der Waals surface area contributed by atoms with Gasteiger partial charge in [-0.2, -0.15) is 13.2 Å². The van der Waals surface area contributed by atoms with E-state index in [1.54, 1.807) is 14.2 Å². The predicted octanol–water partition coefficient (Wildman–Crippen LogP) is 5.18. The van der Waals surface area contributed by atoms with Gasteiger partial charge >= 0.3 is 12.2 Å². The molecule has 2 aromatic rings. The predicted molar refractivity (Wildman–Crippen MR) is 123 cm³/mol. The summed E-state index contributed by atoms with van der Waals surface area (Å²) in [7, 11) is 5.26. The van der Waals surface area contributed by atoms with Gasteiger partial charge in [-0.25, -0.2) is 9.18 Å². The Kier molecular flexibility index (Phi) is 6.86. The normalized spacial score (nSPS) is 24.5. The van der Waals surface area contributed by atoms with Gasteiger partial charge in [0.25, 0.3) is 0 Å². The minimum Gasteiger partial charge on any atom is -0.493 e. The number of methoxy groups -OCH3 is 2. The van der Waals surface area contributed by atoms with E-state index in [4.69, 9.17) is 9.47 Å². The average Bonchev–Trinajstić information content (AvgIpc) is 3.14. The second-order valence-corrected chi connectivity index (χ2v) is 9.27. The molecule has 10 heteroatoms. The van der Waals surface area contributed by atoms with Crippen LogP contribution in [0, 0.1) is 5.82 Å². The van der Waals surface area contributed by atoms with E-state index in [9.17, 15) is 22.4 Å². The van der Waals surface area contributed by atoms with Crippen LogP contribution in [0.1, 0.15) is 36.8 Å². The summed E-state index contributed by atoms with van der Waals surface area (Å²) in [6, 6.07) is 7.30. The molecule has 35 heavy (non-hydrogen) atoms. The molecule has 0 radical (unpaired) electrons. The van der Waals surface area contributed by atoms with Crippen LogP contribution in [-0.4, -0.2) is 50.8 Å². The van der Waals surface area contributed by atoms with Crippen LogP contribution in [0.25, 0.3) is 0 Å². The van der Waals surface area contributed by atoms with E-state index in [2.05, 4.69) is 28.6 Å². The van der Waals surface area contributed by atoms with Crippen molar-refractivity contribution < 1.29 is 31.8 Å². The number of benzene rings is 2. The second-order valence-electron chi connectivity index (χ2n) is 9.27. The van der Waals surface area contributed by atoms with Crippen molar-refractivity contribution in [2.75, 3.05) is 33.1 Å². The van der Waals surface area contributed by atoms with E-state index < -0.39 is 23.6 Å². The first-order valence-corrected chi connectivity index (χ1v) is 11.4. The number of ether oxygens (including phenoxy) is 2. The third-order valence-electron chi connectivity index (χ3n) is 7.30. The van der Waals surface area contributed by atoms with Crippen LogP contribution >= 0.6 is 0 Å². The Morgan fingerprint density at radius 2 is 1.83 bits per heavy atom. The smallest absolute Gasteiger partial charge is 0.416 e. The Morgan fingerprint density at radius 3 is 2.51 bits per heavy atom. The number of hydrogen-bond donors (Lipinski definition) is 2. The summed E-state index contributed by atoms with van der Waals surface area (Å²) in [5, 5.41) is 5.21. The number of rotatable bonds is 5. The minimum atomic E-state index is -4.71. The summed E-state index contributed by atoms with van der Waals surface area (Å²) in [6.45, 7) is 0.904. The van der Waals surface area contributed by atoms with Crippen molar-refractivity contribution in [2.45, 2.75) is 49.4 Å². The Morgan fingerprint density at radius 1 is 1.09 bits per heavy atom. The summed E-state index contributed by atoms with van der Waals surface area (Å²) in [5.74, 6) is 0.259. The van der Waals surface area contributed by atoms with E-state index in [0.29, 0.717) is 30.4 Å². The molecule has 0 aromatic heterocycles. The summed E-state index contributed by atoms with van der Waals surface area (Å²) < 4.78 is 63.5. The fourth-order valence-electron chi connectivity index (χ4n) is 5.57. The Balaban J connectivity index is 1.47. The third-order valence-corrected chi connectivity index (χ3v) is 7.30. The highest BCUT2D eigenvalue weighted by Crippen LogP contribution is 2.49. The number of carbonyl (C=O) groups is 1. The lowest BCUT2D eigenvalue weighted by atomic mass is 9.65. The molecule has 4 rings (SSSR count). The number of amides is 2. The maximum Gasteiger partial charge on any atom is 0.416 e. The van der Waals surface area contributed by atoms with Gasteiger partial charge in [-0.15, -0.1) is 0 Å².